The second kappa shape index (κ2) is 11.6. The lowest BCUT2D eigenvalue weighted by Crippen LogP contribution is -2.73. The standard InChI is InChI=1S/C36H33Cl2N4O6P/c1-19(39)32(43)40-26-10-27-30(24-8-4-2-6-22(24)26)20(12-37)14-41(27)33(44)35-16-36(17-35,18-35)34(45)42-15-21(13-38)31-25-9-5-3-7-23(25)29(11-28(31)42)48-49(46)47/h2-11,19-21H,12-18,39H2,1H3,(H-,40,43,46,47)/p+1/t19-,20+,21+,35?,36?/m0/s1. The maximum absolute atomic E-state index is 14.4. The summed E-state index contributed by atoms with van der Waals surface area (Å²) in [6, 6.07) is 18.0. The van der Waals surface area contributed by atoms with Crippen molar-refractivity contribution < 1.29 is 28.4 Å². The molecule has 1 unspecified atom stereocenters. The van der Waals surface area contributed by atoms with Crippen LogP contribution in [0.1, 0.15) is 49.1 Å². The molecule has 3 fully saturated rings. The quantitative estimate of drug-likeness (QED) is 0.139. The third kappa shape index (κ3) is 4.79. The Balaban J connectivity index is 1.09. The first-order valence-corrected chi connectivity index (χ1v) is 18.5. The molecule has 5 aliphatic rings. The minimum Gasteiger partial charge on any atom is -0.324 e. The Morgan fingerprint density at radius 2 is 1.35 bits per heavy atom. The molecule has 0 aromatic heterocycles. The summed E-state index contributed by atoms with van der Waals surface area (Å²) in [5, 5.41) is 6.21. The minimum absolute atomic E-state index is 0.0373. The Hall–Kier alpha value is -3.79. The Labute approximate surface area is 293 Å². The van der Waals surface area contributed by atoms with Crippen LogP contribution in [-0.2, 0) is 18.9 Å². The fourth-order valence-electron chi connectivity index (χ4n) is 8.82. The van der Waals surface area contributed by atoms with E-state index < -0.39 is 25.1 Å². The Morgan fingerprint density at radius 3 is 1.84 bits per heavy atom. The van der Waals surface area contributed by atoms with Crippen LogP contribution < -0.4 is 25.4 Å². The van der Waals surface area contributed by atoms with Gasteiger partial charge in [0.2, 0.25) is 17.7 Å². The molecular weight excluding hydrogens is 686 g/mol. The average Bonchev–Trinajstić information content (AvgIpc) is 3.62. The number of hydrogen-bond acceptors (Lipinski definition) is 6. The molecule has 4 aromatic rings. The number of anilines is 3. The highest BCUT2D eigenvalue weighted by atomic mass is 35.5. The van der Waals surface area contributed by atoms with Crippen LogP contribution in [0.25, 0.3) is 21.5 Å². The van der Waals surface area contributed by atoms with E-state index in [0.29, 0.717) is 60.9 Å². The summed E-state index contributed by atoms with van der Waals surface area (Å²) in [4.78, 5) is 54.5. The van der Waals surface area contributed by atoms with Crippen LogP contribution >= 0.6 is 31.5 Å². The fraction of sp³-hybridized carbons (Fsp3) is 0.361. The molecule has 10 nitrogen and oxygen atoms in total. The van der Waals surface area contributed by atoms with Gasteiger partial charge in [0.1, 0.15) is 0 Å². The lowest BCUT2D eigenvalue weighted by atomic mass is 9.34. The van der Waals surface area contributed by atoms with E-state index in [1.165, 1.54) is 0 Å². The first kappa shape index (κ1) is 32.4. The second-order valence-corrected chi connectivity index (χ2v) is 15.3. The van der Waals surface area contributed by atoms with E-state index in [9.17, 15) is 23.8 Å². The van der Waals surface area contributed by atoms with E-state index in [2.05, 4.69) is 5.32 Å². The Morgan fingerprint density at radius 1 is 0.878 bits per heavy atom. The normalized spacial score (nSPS) is 25.7. The first-order valence-electron chi connectivity index (χ1n) is 16.3. The van der Waals surface area contributed by atoms with Crippen molar-refractivity contribution in [2.24, 2.45) is 16.6 Å². The van der Waals surface area contributed by atoms with Gasteiger partial charge in [0, 0.05) is 63.8 Å². The highest BCUT2D eigenvalue weighted by Gasteiger charge is 2.76. The summed E-state index contributed by atoms with van der Waals surface area (Å²) >= 11 is 12.9. The molecule has 9 rings (SSSR count). The number of nitrogens with zero attached hydrogens (tertiary/aromatic N) is 2. The van der Waals surface area contributed by atoms with Gasteiger partial charge in [-0.1, -0.05) is 48.5 Å². The fourth-order valence-corrected chi connectivity index (χ4v) is 9.64. The molecule has 0 radical (unpaired) electrons. The van der Waals surface area contributed by atoms with Gasteiger partial charge in [0.15, 0.2) is 5.75 Å². The summed E-state index contributed by atoms with van der Waals surface area (Å²) in [5.41, 5.74) is 8.33. The van der Waals surface area contributed by atoms with E-state index in [1.54, 1.807) is 22.8 Å². The molecule has 4 N–H and O–H groups in total. The van der Waals surface area contributed by atoms with Gasteiger partial charge in [-0.25, -0.2) is 4.52 Å². The summed E-state index contributed by atoms with van der Waals surface area (Å²) in [7, 11) is -2.93. The third-order valence-corrected chi connectivity index (χ3v) is 12.0. The molecule has 4 aromatic carbocycles. The number of fused-ring (bicyclic) bond motifs is 6. The number of alkyl halides is 2. The van der Waals surface area contributed by atoms with Crippen LogP contribution in [0.15, 0.2) is 60.7 Å². The summed E-state index contributed by atoms with van der Waals surface area (Å²) < 4.78 is 17.0. The zero-order valence-corrected chi connectivity index (χ0v) is 29.0. The molecule has 13 heteroatoms. The van der Waals surface area contributed by atoms with Crippen molar-refractivity contribution in [2.45, 2.75) is 44.1 Å². The molecule has 252 valence electrons. The molecule has 3 amide bonds. The number of nitrogens with two attached hydrogens (primary N) is 1. The molecule has 3 saturated carbocycles. The number of nitrogens with one attached hydrogen (secondary N) is 1. The number of amides is 3. The van der Waals surface area contributed by atoms with Crippen molar-refractivity contribution in [3.05, 3.63) is 71.8 Å². The van der Waals surface area contributed by atoms with Gasteiger partial charge in [-0.15, -0.1) is 28.1 Å². The van der Waals surface area contributed by atoms with Crippen LogP contribution in [-0.4, -0.2) is 53.5 Å². The predicted molar refractivity (Wildman–Crippen MR) is 191 cm³/mol. The van der Waals surface area contributed by atoms with Gasteiger partial charge in [-0.2, -0.15) is 0 Å². The molecule has 2 heterocycles. The molecule has 4 atom stereocenters. The SMILES string of the molecule is C[C@H](N)C(=O)Nc1cc2c(c3ccccc13)[C@H](CCl)CN2C(=O)C12CC(C(=O)N3C[C@@H](CCl)c4c3cc(O[P+](=O)O)c3ccccc43)(C1)C2. The van der Waals surface area contributed by atoms with Gasteiger partial charge >= 0.3 is 8.25 Å². The van der Waals surface area contributed by atoms with Crippen molar-refractivity contribution in [1.82, 2.24) is 0 Å². The lowest BCUT2D eigenvalue weighted by molar-refractivity contribution is -0.204. The van der Waals surface area contributed by atoms with Crippen molar-refractivity contribution in [3.63, 3.8) is 0 Å². The second-order valence-electron chi connectivity index (χ2n) is 14.0. The van der Waals surface area contributed by atoms with Crippen molar-refractivity contribution in [3.8, 4) is 5.75 Å². The van der Waals surface area contributed by atoms with Crippen LogP contribution in [0.3, 0.4) is 0 Å². The minimum atomic E-state index is -2.93. The number of hydrogen-bond donors (Lipinski definition) is 3. The van der Waals surface area contributed by atoms with Crippen molar-refractivity contribution in [2.75, 3.05) is 40.0 Å². The molecule has 2 bridgehead atoms. The Kier molecular flexibility index (Phi) is 7.70. The van der Waals surface area contributed by atoms with Crippen LogP contribution in [0.2, 0.25) is 0 Å². The lowest BCUT2D eigenvalue weighted by Gasteiger charge is -2.69. The highest BCUT2D eigenvalue weighted by Crippen LogP contribution is 2.75. The largest absolute Gasteiger partial charge is 0.747 e. The molecule has 0 saturated heterocycles. The highest BCUT2D eigenvalue weighted by molar-refractivity contribution is 7.32. The van der Waals surface area contributed by atoms with Gasteiger partial charge in [-0.05, 0) is 54.2 Å². The van der Waals surface area contributed by atoms with E-state index in [1.807, 2.05) is 54.6 Å². The van der Waals surface area contributed by atoms with Gasteiger partial charge in [0.25, 0.3) is 0 Å². The maximum Gasteiger partial charge on any atom is 0.747 e. The molecule has 2 aliphatic heterocycles. The van der Waals surface area contributed by atoms with E-state index in [4.69, 9.17) is 33.5 Å². The van der Waals surface area contributed by atoms with E-state index in [-0.39, 0.29) is 35.3 Å². The van der Waals surface area contributed by atoms with Crippen molar-refractivity contribution >= 4 is 87.8 Å². The van der Waals surface area contributed by atoms with Gasteiger partial charge in [-0.3, -0.25) is 14.4 Å². The third-order valence-electron chi connectivity index (χ3n) is 10.9. The topological polar surface area (TPSA) is 142 Å². The smallest absolute Gasteiger partial charge is 0.324 e. The van der Waals surface area contributed by atoms with Crippen LogP contribution in [0, 0.1) is 10.8 Å². The molecule has 0 spiro atoms. The number of rotatable bonds is 8. The van der Waals surface area contributed by atoms with Crippen LogP contribution in [0.5, 0.6) is 5.75 Å². The molecule has 3 aliphatic carbocycles. The van der Waals surface area contributed by atoms with E-state index >= 15 is 0 Å². The van der Waals surface area contributed by atoms with Crippen molar-refractivity contribution in [1.29, 1.82) is 0 Å². The zero-order chi connectivity index (χ0) is 34.4. The summed E-state index contributed by atoms with van der Waals surface area (Å²) in [6.07, 6.45) is 1.27. The van der Waals surface area contributed by atoms with Gasteiger partial charge in [0.05, 0.1) is 28.2 Å². The number of halogens is 2. The molecular formula is C36H34Cl2N4O6P+. The molecule has 49 heavy (non-hydrogen) atoms. The number of carbonyl (C=O) groups excluding carboxylic acids is 3. The number of benzene rings is 4. The van der Waals surface area contributed by atoms with E-state index in [0.717, 1.165) is 33.0 Å². The van der Waals surface area contributed by atoms with Crippen LogP contribution in [0.4, 0.5) is 17.1 Å². The Bertz CT molecular complexity index is 2100. The monoisotopic (exact) mass is 719 g/mol. The number of carbonyl (C=O) groups is 3. The summed E-state index contributed by atoms with van der Waals surface area (Å²) in [6.45, 7) is 2.40. The maximum atomic E-state index is 14.4. The summed E-state index contributed by atoms with van der Waals surface area (Å²) in [5.74, 6) is 0.173. The predicted octanol–water partition coefficient (Wildman–Crippen LogP) is 6.52. The average molecular weight is 721 g/mol. The van der Waals surface area contributed by atoms with Gasteiger partial charge < -0.3 is 20.9 Å². The zero-order valence-electron chi connectivity index (χ0n) is 26.6. The first-order chi connectivity index (χ1) is 23.5.